The van der Waals surface area contributed by atoms with Crippen molar-refractivity contribution in [1.29, 1.82) is 0 Å². The van der Waals surface area contributed by atoms with Gasteiger partial charge in [0, 0.05) is 18.3 Å². The van der Waals surface area contributed by atoms with Gasteiger partial charge in [0.1, 0.15) is 5.75 Å². The Kier molecular flexibility index (Phi) is 4.71. The molecule has 0 fully saturated rings. The summed E-state index contributed by atoms with van der Waals surface area (Å²) in [5.74, 6) is -1.76. The second kappa shape index (κ2) is 6.69. The Morgan fingerprint density at radius 1 is 1.14 bits per heavy atom. The number of hydrogen-bond acceptors (Lipinski definition) is 3. The largest absolute Gasteiger partial charge is 0.484 e. The monoisotopic (exact) mass is 292 g/mol. The Morgan fingerprint density at radius 2 is 1.95 bits per heavy atom. The van der Waals surface area contributed by atoms with Crippen LogP contribution in [0.1, 0.15) is 5.56 Å². The van der Waals surface area contributed by atoms with Gasteiger partial charge in [0.15, 0.2) is 18.2 Å². The molecule has 0 bridgehead atoms. The van der Waals surface area contributed by atoms with Crippen LogP contribution in [0.3, 0.4) is 0 Å². The van der Waals surface area contributed by atoms with Crippen LogP contribution in [0, 0.1) is 11.6 Å². The minimum Gasteiger partial charge on any atom is -0.484 e. The fourth-order valence-electron chi connectivity index (χ4n) is 1.65. The van der Waals surface area contributed by atoms with Crippen LogP contribution in [0.5, 0.6) is 5.75 Å². The van der Waals surface area contributed by atoms with Gasteiger partial charge in [-0.25, -0.2) is 8.78 Å². The standard InChI is InChI=1S/C15H14F2N2O2/c16-13-5-4-10(6-14(13)17)8-19-15(20)9-21-12-3-1-2-11(18)7-12/h1-7H,8-9,18H2,(H,19,20). The first-order valence-electron chi connectivity index (χ1n) is 6.23. The summed E-state index contributed by atoms with van der Waals surface area (Å²) in [7, 11) is 0. The van der Waals surface area contributed by atoms with E-state index in [4.69, 9.17) is 10.5 Å². The summed E-state index contributed by atoms with van der Waals surface area (Å²) < 4.78 is 31.0. The van der Waals surface area contributed by atoms with Crippen LogP contribution in [-0.2, 0) is 11.3 Å². The molecule has 0 saturated carbocycles. The summed E-state index contributed by atoms with van der Waals surface area (Å²) in [6.45, 7) is -0.0938. The topological polar surface area (TPSA) is 64.3 Å². The number of carbonyl (C=O) groups is 1. The fourth-order valence-corrected chi connectivity index (χ4v) is 1.65. The quantitative estimate of drug-likeness (QED) is 0.831. The summed E-state index contributed by atoms with van der Waals surface area (Å²) in [5.41, 5.74) is 6.58. The van der Waals surface area contributed by atoms with E-state index in [0.717, 1.165) is 12.1 Å². The number of benzene rings is 2. The minimum absolute atomic E-state index is 0.0936. The van der Waals surface area contributed by atoms with E-state index in [9.17, 15) is 13.6 Å². The van der Waals surface area contributed by atoms with Gasteiger partial charge in [-0.3, -0.25) is 4.79 Å². The number of halogens is 2. The van der Waals surface area contributed by atoms with Crippen molar-refractivity contribution in [3.8, 4) is 5.75 Å². The molecule has 0 atom stereocenters. The van der Waals surface area contributed by atoms with Crippen LogP contribution in [-0.4, -0.2) is 12.5 Å². The highest BCUT2D eigenvalue weighted by molar-refractivity contribution is 5.77. The smallest absolute Gasteiger partial charge is 0.258 e. The molecule has 0 heterocycles. The van der Waals surface area contributed by atoms with Crippen molar-refractivity contribution in [2.75, 3.05) is 12.3 Å². The van der Waals surface area contributed by atoms with Crippen LogP contribution >= 0.6 is 0 Å². The van der Waals surface area contributed by atoms with Crippen molar-refractivity contribution in [3.05, 3.63) is 59.7 Å². The molecule has 4 nitrogen and oxygen atoms in total. The molecule has 21 heavy (non-hydrogen) atoms. The molecule has 110 valence electrons. The lowest BCUT2D eigenvalue weighted by Crippen LogP contribution is -2.28. The van der Waals surface area contributed by atoms with E-state index in [2.05, 4.69) is 5.32 Å². The Morgan fingerprint density at radius 3 is 2.67 bits per heavy atom. The lowest BCUT2D eigenvalue weighted by atomic mass is 10.2. The van der Waals surface area contributed by atoms with Gasteiger partial charge >= 0.3 is 0 Å². The highest BCUT2D eigenvalue weighted by Gasteiger charge is 2.06. The average molecular weight is 292 g/mol. The zero-order chi connectivity index (χ0) is 15.2. The predicted molar refractivity (Wildman–Crippen MR) is 74.6 cm³/mol. The molecule has 2 aromatic rings. The number of nitrogen functional groups attached to an aromatic ring is 1. The van der Waals surface area contributed by atoms with Gasteiger partial charge < -0.3 is 15.8 Å². The first-order valence-corrected chi connectivity index (χ1v) is 6.23. The Hall–Kier alpha value is -2.63. The van der Waals surface area contributed by atoms with Gasteiger partial charge in [0.2, 0.25) is 0 Å². The number of hydrogen-bond donors (Lipinski definition) is 2. The normalized spacial score (nSPS) is 10.2. The zero-order valence-electron chi connectivity index (χ0n) is 11.1. The summed E-state index contributed by atoms with van der Waals surface area (Å²) in [5, 5.41) is 2.55. The molecule has 2 rings (SSSR count). The van der Waals surface area contributed by atoms with E-state index in [1.165, 1.54) is 6.07 Å². The second-order valence-electron chi connectivity index (χ2n) is 4.39. The maximum absolute atomic E-state index is 13.0. The van der Waals surface area contributed by atoms with E-state index < -0.39 is 11.6 Å². The Bertz CT molecular complexity index is 647. The molecule has 0 aliphatic rings. The van der Waals surface area contributed by atoms with Crippen LogP contribution in [0.25, 0.3) is 0 Å². The van der Waals surface area contributed by atoms with Crippen molar-refractivity contribution in [3.63, 3.8) is 0 Å². The molecule has 0 aromatic heterocycles. The van der Waals surface area contributed by atoms with E-state index in [1.807, 2.05) is 0 Å². The lowest BCUT2D eigenvalue weighted by Gasteiger charge is -2.08. The molecular weight excluding hydrogens is 278 g/mol. The van der Waals surface area contributed by atoms with Crippen molar-refractivity contribution in [1.82, 2.24) is 5.32 Å². The van der Waals surface area contributed by atoms with Crippen molar-refractivity contribution >= 4 is 11.6 Å². The molecule has 6 heteroatoms. The van der Waals surface area contributed by atoms with Gasteiger partial charge in [-0.05, 0) is 29.8 Å². The number of anilines is 1. The molecule has 0 aliphatic carbocycles. The Labute approximate surface area is 120 Å². The van der Waals surface area contributed by atoms with Crippen LogP contribution in [0.2, 0.25) is 0 Å². The highest BCUT2D eigenvalue weighted by Crippen LogP contribution is 2.14. The maximum atomic E-state index is 13.0. The first kappa shape index (κ1) is 14.8. The lowest BCUT2D eigenvalue weighted by molar-refractivity contribution is -0.123. The summed E-state index contributed by atoms with van der Waals surface area (Å²) in [4.78, 5) is 11.6. The molecule has 0 spiro atoms. The molecule has 2 aromatic carbocycles. The third kappa shape index (κ3) is 4.45. The number of carbonyl (C=O) groups excluding carboxylic acids is 1. The molecule has 0 unspecified atom stereocenters. The van der Waals surface area contributed by atoms with Crippen molar-refractivity contribution in [2.24, 2.45) is 0 Å². The van der Waals surface area contributed by atoms with Crippen LogP contribution < -0.4 is 15.8 Å². The summed E-state index contributed by atoms with van der Waals surface area (Å²) in [6, 6.07) is 10.1. The molecule has 0 aliphatic heterocycles. The van der Waals surface area contributed by atoms with Gasteiger partial charge in [0.05, 0.1) is 0 Å². The average Bonchev–Trinajstić information content (AvgIpc) is 2.46. The van der Waals surface area contributed by atoms with Crippen LogP contribution in [0.4, 0.5) is 14.5 Å². The number of ether oxygens (including phenoxy) is 1. The second-order valence-corrected chi connectivity index (χ2v) is 4.39. The predicted octanol–water partition coefficient (Wildman–Crippen LogP) is 2.24. The molecule has 0 saturated heterocycles. The number of nitrogens with two attached hydrogens (primary N) is 1. The van der Waals surface area contributed by atoms with E-state index in [-0.39, 0.29) is 19.1 Å². The maximum Gasteiger partial charge on any atom is 0.258 e. The van der Waals surface area contributed by atoms with Crippen molar-refractivity contribution < 1.29 is 18.3 Å². The molecule has 1 amide bonds. The minimum atomic E-state index is -0.947. The van der Waals surface area contributed by atoms with E-state index in [0.29, 0.717) is 17.0 Å². The van der Waals surface area contributed by atoms with Crippen LogP contribution in [0.15, 0.2) is 42.5 Å². The molecule has 0 radical (unpaired) electrons. The SMILES string of the molecule is Nc1cccc(OCC(=O)NCc2ccc(F)c(F)c2)c1. The first-order chi connectivity index (χ1) is 10.0. The van der Waals surface area contributed by atoms with Crippen molar-refractivity contribution in [2.45, 2.75) is 6.54 Å². The number of nitrogens with one attached hydrogen (secondary N) is 1. The summed E-state index contributed by atoms with van der Waals surface area (Å²) in [6.07, 6.45) is 0. The van der Waals surface area contributed by atoms with Gasteiger partial charge in [-0.1, -0.05) is 12.1 Å². The van der Waals surface area contributed by atoms with Gasteiger partial charge in [-0.15, -0.1) is 0 Å². The fraction of sp³-hybridized carbons (Fsp3) is 0.133. The van der Waals surface area contributed by atoms with Gasteiger partial charge in [0.25, 0.3) is 5.91 Å². The van der Waals surface area contributed by atoms with E-state index in [1.54, 1.807) is 24.3 Å². The van der Waals surface area contributed by atoms with Gasteiger partial charge in [-0.2, -0.15) is 0 Å². The molecule has 3 N–H and O–H groups in total. The highest BCUT2D eigenvalue weighted by atomic mass is 19.2. The third-order valence-corrected chi connectivity index (χ3v) is 2.70. The summed E-state index contributed by atoms with van der Waals surface area (Å²) >= 11 is 0. The zero-order valence-corrected chi connectivity index (χ0v) is 11.1. The molecular formula is C15H14F2N2O2. The Balaban J connectivity index is 1.80. The number of rotatable bonds is 5. The van der Waals surface area contributed by atoms with E-state index >= 15 is 0 Å². The third-order valence-electron chi connectivity index (χ3n) is 2.70. The number of amides is 1.